The maximum absolute atomic E-state index is 11.3. The first-order valence-electron chi connectivity index (χ1n) is 5.40. The highest BCUT2D eigenvalue weighted by molar-refractivity contribution is 6.29. The van der Waals surface area contributed by atoms with Crippen LogP contribution in [0.1, 0.15) is 31.4 Å². The Balaban J connectivity index is 2.12. The molecule has 1 aliphatic heterocycles. The number of carbonyl (C=O) groups excluding carboxylic acids is 1. The summed E-state index contributed by atoms with van der Waals surface area (Å²) in [6.45, 7) is 3.18. The Hall–Kier alpha value is -1.16. The molecule has 1 aromatic rings. The summed E-state index contributed by atoms with van der Waals surface area (Å²) in [4.78, 5) is 21.5. The van der Waals surface area contributed by atoms with Crippen LogP contribution in [-0.4, -0.2) is 33.9 Å². The van der Waals surface area contributed by atoms with Gasteiger partial charge in [0, 0.05) is 32.1 Å². The molecule has 1 aromatic heterocycles. The zero-order chi connectivity index (χ0) is 11.5. The van der Waals surface area contributed by atoms with E-state index in [2.05, 4.69) is 9.97 Å². The summed E-state index contributed by atoms with van der Waals surface area (Å²) in [6, 6.07) is 0. The van der Waals surface area contributed by atoms with E-state index in [1.54, 1.807) is 13.1 Å². The van der Waals surface area contributed by atoms with Crippen molar-refractivity contribution in [2.45, 2.75) is 25.7 Å². The lowest BCUT2D eigenvalue weighted by atomic mass is 9.95. The molecule has 0 N–H and O–H groups in total. The summed E-state index contributed by atoms with van der Waals surface area (Å²) in [5, 5.41) is 0.414. The third-order valence-corrected chi connectivity index (χ3v) is 3.09. The number of piperidine rings is 1. The molecule has 86 valence electrons. The summed E-state index contributed by atoms with van der Waals surface area (Å²) in [5.41, 5.74) is 0.887. The average Bonchev–Trinajstić information content (AvgIpc) is 2.29. The molecule has 2 rings (SSSR count). The van der Waals surface area contributed by atoms with Gasteiger partial charge in [-0.1, -0.05) is 11.6 Å². The van der Waals surface area contributed by atoms with Crippen molar-refractivity contribution in [3.05, 3.63) is 23.2 Å². The minimum Gasteiger partial charge on any atom is -0.342 e. The van der Waals surface area contributed by atoms with Gasteiger partial charge >= 0.3 is 0 Å². The fourth-order valence-corrected chi connectivity index (χ4v) is 2.21. The Morgan fingerprint density at radius 2 is 2.38 bits per heavy atom. The van der Waals surface area contributed by atoms with Gasteiger partial charge in [-0.15, -0.1) is 0 Å². The third kappa shape index (κ3) is 2.50. The summed E-state index contributed by atoms with van der Waals surface area (Å²) < 4.78 is 0. The molecule has 0 saturated carbocycles. The van der Waals surface area contributed by atoms with Crippen molar-refractivity contribution in [2.24, 2.45) is 0 Å². The van der Waals surface area contributed by atoms with Crippen LogP contribution in [-0.2, 0) is 4.79 Å². The molecular formula is C11H14ClN3O. The molecular weight excluding hydrogens is 226 g/mol. The molecule has 1 amide bonds. The Morgan fingerprint density at radius 1 is 1.56 bits per heavy atom. The zero-order valence-electron chi connectivity index (χ0n) is 9.19. The SMILES string of the molecule is CC(=O)N1CCCC(c2cncc(Cl)n2)C1. The van der Waals surface area contributed by atoms with Crippen LogP contribution in [0.3, 0.4) is 0 Å². The van der Waals surface area contributed by atoms with Crippen LogP contribution < -0.4 is 0 Å². The highest BCUT2D eigenvalue weighted by Gasteiger charge is 2.23. The van der Waals surface area contributed by atoms with Crippen LogP contribution in [0.2, 0.25) is 5.15 Å². The number of carbonyl (C=O) groups is 1. The fraction of sp³-hybridized carbons (Fsp3) is 0.545. The van der Waals surface area contributed by atoms with Gasteiger partial charge in [-0.3, -0.25) is 9.78 Å². The van der Waals surface area contributed by atoms with Crippen molar-refractivity contribution in [3.8, 4) is 0 Å². The Labute approximate surface area is 99.6 Å². The number of amides is 1. The van der Waals surface area contributed by atoms with Crippen molar-refractivity contribution >= 4 is 17.5 Å². The van der Waals surface area contributed by atoms with Crippen LogP contribution in [0.5, 0.6) is 0 Å². The first kappa shape index (κ1) is 11.3. The van der Waals surface area contributed by atoms with E-state index in [1.807, 2.05) is 4.90 Å². The number of hydrogen-bond acceptors (Lipinski definition) is 3. The number of halogens is 1. The highest BCUT2D eigenvalue weighted by Crippen LogP contribution is 2.25. The van der Waals surface area contributed by atoms with Crippen molar-refractivity contribution in [3.63, 3.8) is 0 Å². The molecule has 16 heavy (non-hydrogen) atoms. The number of rotatable bonds is 1. The van der Waals surface area contributed by atoms with Gasteiger partial charge < -0.3 is 4.90 Å². The minimum absolute atomic E-state index is 0.125. The summed E-state index contributed by atoms with van der Waals surface area (Å²) in [6.07, 6.45) is 5.31. The molecule has 1 atom stereocenters. The lowest BCUT2D eigenvalue weighted by molar-refractivity contribution is -0.130. The van der Waals surface area contributed by atoms with Gasteiger partial charge in [-0.2, -0.15) is 0 Å². The van der Waals surface area contributed by atoms with E-state index in [1.165, 1.54) is 6.20 Å². The first-order valence-corrected chi connectivity index (χ1v) is 5.77. The van der Waals surface area contributed by atoms with Gasteiger partial charge in [0.05, 0.1) is 11.9 Å². The van der Waals surface area contributed by atoms with Gasteiger partial charge in [-0.25, -0.2) is 4.98 Å². The molecule has 1 fully saturated rings. The summed E-state index contributed by atoms with van der Waals surface area (Å²) in [5.74, 6) is 0.392. The normalized spacial score (nSPS) is 20.9. The molecule has 0 spiro atoms. The molecule has 2 heterocycles. The predicted molar refractivity (Wildman–Crippen MR) is 61.3 cm³/mol. The number of likely N-dealkylation sites (tertiary alicyclic amines) is 1. The fourth-order valence-electron chi connectivity index (χ4n) is 2.06. The summed E-state index contributed by atoms with van der Waals surface area (Å²) in [7, 11) is 0. The minimum atomic E-state index is 0.125. The second-order valence-corrected chi connectivity index (χ2v) is 4.46. The molecule has 4 nitrogen and oxygen atoms in total. The standard InChI is InChI=1S/C11H14ClN3O/c1-8(16)15-4-2-3-9(7-15)10-5-13-6-11(12)14-10/h5-6,9H,2-4,7H2,1H3. The zero-order valence-corrected chi connectivity index (χ0v) is 9.94. The van der Waals surface area contributed by atoms with Crippen LogP contribution >= 0.6 is 11.6 Å². The quantitative estimate of drug-likeness (QED) is 0.752. The van der Waals surface area contributed by atoms with E-state index in [0.29, 0.717) is 5.15 Å². The van der Waals surface area contributed by atoms with Gasteiger partial charge in [0.2, 0.25) is 5.91 Å². The third-order valence-electron chi connectivity index (χ3n) is 2.91. The van der Waals surface area contributed by atoms with E-state index in [-0.39, 0.29) is 11.8 Å². The maximum Gasteiger partial charge on any atom is 0.219 e. The molecule has 1 saturated heterocycles. The van der Waals surface area contributed by atoms with E-state index < -0.39 is 0 Å². The molecule has 0 radical (unpaired) electrons. The topological polar surface area (TPSA) is 46.1 Å². The predicted octanol–water partition coefficient (Wildman–Crippen LogP) is 1.86. The second kappa shape index (κ2) is 4.78. The van der Waals surface area contributed by atoms with Crippen LogP contribution in [0.15, 0.2) is 12.4 Å². The monoisotopic (exact) mass is 239 g/mol. The second-order valence-electron chi connectivity index (χ2n) is 4.07. The Morgan fingerprint density at radius 3 is 3.06 bits per heavy atom. The van der Waals surface area contributed by atoms with E-state index in [0.717, 1.165) is 31.6 Å². The largest absolute Gasteiger partial charge is 0.342 e. The Kier molecular flexibility index (Phi) is 3.39. The molecule has 0 aromatic carbocycles. The molecule has 5 heteroatoms. The maximum atomic E-state index is 11.3. The molecule has 0 aliphatic carbocycles. The Bertz CT molecular complexity index is 397. The van der Waals surface area contributed by atoms with Gasteiger partial charge in [0.15, 0.2) is 0 Å². The number of aromatic nitrogens is 2. The van der Waals surface area contributed by atoms with E-state index >= 15 is 0 Å². The van der Waals surface area contributed by atoms with Crippen LogP contribution in [0, 0.1) is 0 Å². The highest BCUT2D eigenvalue weighted by atomic mass is 35.5. The summed E-state index contributed by atoms with van der Waals surface area (Å²) >= 11 is 5.81. The van der Waals surface area contributed by atoms with Crippen LogP contribution in [0.4, 0.5) is 0 Å². The molecule has 1 aliphatic rings. The van der Waals surface area contributed by atoms with Gasteiger partial charge in [0.25, 0.3) is 0 Å². The number of hydrogen-bond donors (Lipinski definition) is 0. The lowest BCUT2D eigenvalue weighted by Gasteiger charge is -2.31. The smallest absolute Gasteiger partial charge is 0.219 e. The number of nitrogens with zero attached hydrogens (tertiary/aromatic N) is 3. The van der Waals surface area contributed by atoms with E-state index in [4.69, 9.17) is 11.6 Å². The van der Waals surface area contributed by atoms with E-state index in [9.17, 15) is 4.79 Å². The van der Waals surface area contributed by atoms with Crippen molar-refractivity contribution in [1.29, 1.82) is 0 Å². The molecule has 0 bridgehead atoms. The average molecular weight is 240 g/mol. The first-order chi connectivity index (χ1) is 7.66. The van der Waals surface area contributed by atoms with Crippen molar-refractivity contribution in [2.75, 3.05) is 13.1 Å². The lowest BCUT2D eigenvalue weighted by Crippen LogP contribution is -2.37. The van der Waals surface area contributed by atoms with Crippen molar-refractivity contribution < 1.29 is 4.79 Å². The van der Waals surface area contributed by atoms with Crippen molar-refractivity contribution in [1.82, 2.24) is 14.9 Å². The van der Waals surface area contributed by atoms with Gasteiger partial charge in [0.1, 0.15) is 5.15 Å². The van der Waals surface area contributed by atoms with Gasteiger partial charge in [-0.05, 0) is 12.8 Å². The van der Waals surface area contributed by atoms with Crippen LogP contribution in [0.25, 0.3) is 0 Å². The molecule has 1 unspecified atom stereocenters.